The van der Waals surface area contributed by atoms with Crippen molar-refractivity contribution in [1.29, 1.82) is 5.26 Å². The normalized spacial score (nSPS) is 11.6. The van der Waals surface area contributed by atoms with Gasteiger partial charge in [-0.3, -0.25) is 4.79 Å². The number of nitrogens with zero attached hydrogens (tertiary/aromatic N) is 1. The molecule has 0 saturated heterocycles. The molecule has 0 saturated carbocycles. The van der Waals surface area contributed by atoms with Gasteiger partial charge in [-0.15, -0.1) is 0 Å². The maximum atomic E-state index is 11.3. The zero-order chi connectivity index (χ0) is 12.3. The summed E-state index contributed by atoms with van der Waals surface area (Å²) in [5.74, 6) is -3.89. The Bertz CT molecular complexity index is 486. The van der Waals surface area contributed by atoms with Crippen LogP contribution in [0, 0.1) is 25.2 Å². The molecule has 1 atom stereocenters. The molecule has 4 heteroatoms. The van der Waals surface area contributed by atoms with E-state index in [1.54, 1.807) is 25.1 Å². The highest BCUT2D eigenvalue weighted by Gasteiger charge is 2.27. The van der Waals surface area contributed by atoms with Crippen LogP contribution in [0.5, 0.6) is 0 Å². The summed E-state index contributed by atoms with van der Waals surface area (Å²) in [5, 5.41) is 17.5. The van der Waals surface area contributed by atoms with Crippen molar-refractivity contribution in [2.75, 3.05) is 0 Å². The third-order valence-electron chi connectivity index (χ3n) is 2.35. The molecule has 0 heterocycles. The Kier molecular flexibility index (Phi) is 3.41. The molecule has 0 aromatic heterocycles. The highest BCUT2D eigenvalue weighted by atomic mass is 16.4. The molecule has 1 aromatic carbocycles. The second-order valence-corrected chi connectivity index (χ2v) is 3.59. The number of aryl methyl sites for hydroxylation is 2. The van der Waals surface area contributed by atoms with Crippen LogP contribution in [0.4, 0.5) is 0 Å². The van der Waals surface area contributed by atoms with E-state index in [0.29, 0.717) is 5.56 Å². The van der Waals surface area contributed by atoms with Crippen molar-refractivity contribution < 1.29 is 14.7 Å². The first-order valence-corrected chi connectivity index (χ1v) is 4.71. The van der Waals surface area contributed by atoms with Crippen molar-refractivity contribution in [3.8, 4) is 6.07 Å². The van der Waals surface area contributed by atoms with Crippen molar-refractivity contribution in [3.63, 3.8) is 0 Å². The Labute approximate surface area is 93.1 Å². The van der Waals surface area contributed by atoms with Crippen molar-refractivity contribution in [2.24, 2.45) is 0 Å². The highest BCUT2D eigenvalue weighted by Crippen LogP contribution is 2.21. The number of carboxylic acid groups (broad SMARTS) is 1. The van der Waals surface area contributed by atoms with Crippen LogP contribution in [0.15, 0.2) is 18.2 Å². The second-order valence-electron chi connectivity index (χ2n) is 3.59. The van der Waals surface area contributed by atoms with Gasteiger partial charge in [0.2, 0.25) is 0 Å². The minimum Gasteiger partial charge on any atom is -0.475 e. The van der Waals surface area contributed by atoms with Crippen LogP contribution >= 0.6 is 0 Å². The quantitative estimate of drug-likeness (QED) is 0.779. The van der Waals surface area contributed by atoms with Crippen LogP contribution in [0.1, 0.15) is 22.6 Å². The lowest BCUT2D eigenvalue weighted by atomic mass is 9.91. The third kappa shape index (κ3) is 2.26. The maximum absolute atomic E-state index is 11.3. The summed E-state index contributed by atoms with van der Waals surface area (Å²) in [6.07, 6.45) is 0. The molecule has 1 N–H and O–H groups in total. The molecular formula is C12H11NO3. The van der Waals surface area contributed by atoms with Gasteiger partial charge in [0.15, 0.2) is 0 Å². The first-order valence-electron chi connectivity index (χ1n) is 4.71. The van der Waals surface area contributed by atoms with E-state index in [1.807, 2.05) is 13.0 Å². The molecule has 0 spiro atoms. The van der Waals surface area contributed by atoms with E-state index in [-0.39, 0.29) is 0 Å². The number of nitriles is 1. The number of ketones is 1. The van der Waals surface area contributed by atoms with Gasteiger partial charge in [0, 0.05) is 0 Å². The highest BCUT2D eigenvalue weighted by molar-refractivity contribution is 6.35. The largest absolute Gasteiger partial charge is 0.475 e. The number of rotatable bonds is 3. The topological polar surface area (TPSA) is 78.2 Å². The summed E-state index contributed by atoms with van der Waals surface area (Å²) in [5.41, 5.74) is 2.10. The molecule has 0 radical (unpaired) electrons. The van der Waals surface area contributed by atoms with Crippen LogP contribution in [0.25, 0.3) is 0 Å². The van der Waals surface area contributed by atoms with Gasteiger partial charge in [-0.2, -0.15) is 5.26 Å². The standard InChI is InChI=1S/C12H11NO3/c1-7-3-4-8(2)9(5-7)10(6-13)11(14)12(15)16/h3-5,10H,1-2H3,(H,15,16). The zero-order valence-electron chi connectivity index (χ0n) is 9.02. The maximum Gasteiger partial charge on any atom is 0.373 e. The van der Waals surface area contributed by atoms with Crippen LogP contribution in [0.3, 0.4) is 0 Å². The summed E-state index contributed by atoms with van der Waals surface area (Å²) in [4.78, 5) is 21.9. The summed E-state index contributed by atoms with van der Waals surface area (Å²) in [7, 11) is 0. The number of hydrogen-bond donors (Lipinski definition) is 1. The number of carbonyl (C=O) groups excluding carboxylic acids is 1. The lowest BCUT2D eigenvalue weighted by molar-refractivity contribution is -0.149. The molecule has 0 bridgehead atoms. The van der Waals surface area contributed by atoms with Gasteiger partial charge >= 0.3 is 5.97 Å². The average Bonchev–Trinajstić information content (AvgIpc) is 2.23. The molecule has 1 rings (SSSR count). The fourth-order valence-corrected chi connectivity index (χ4v) is 1.46. The van der Waals surface area contributed by atoms with Gasteiger partial charge in [0.05, 0.1) is 6.07 Å². The minimum absolute atomic E-state index is 0.468. The third-order valence-corrected chi connectivity index (χ3v) is 2.35. The lowest BCUT2D eigenvalue weighted by Crippen LogP contribution is -2.21. The molecule has 0 amide bonds. The molecule has 1 aromatic rings. The van der Waals surface area contributed by atoms with Gasteiger partial charge < -0.3 is 5.11 Å². The molecule has 16 heavy (non-hydrogen) atoms. The molecule has 0 aliphatic rings. The summed E-state index contributed by atoms with van der Waals surface area (Å²) in [6, 6.07) is 7.02. The van der Waals surface area contributed by atoms with Gasteiger partial charge in [-0.25, -0.2) is 4.79 Å². The summed E-state index contributed by atoms with van der Waals surface area (Å²) < 4.78 is 0. The van der Waals surface area contributed by atoms with Gasteiger partial charge in [0.25, 0.3) is 5.78 Å². The van der Waals surface area contributed by atoms with Gasteiger partial charge in [0.1, 0.15) is 5.92 Å². The van der Waals surface area contributed by atoms with Crippen LogP contribution < -0.4 is 0 Å². The Morgan fingerprint density at radius 1 is 1.38 bits per heavy atom. The monoisotopic (exact) mass is 217 g/mol. The van der Waals surface area contributed by atoms with E-state index >= 15 is 0 Å². The Balaban J connectivity index is 3.25. The van der Waals surface area contributed by atoms with Crippen molar-refractivity contribution >= 4 is 11.8 Å². The molecule has 0 fully saturated rings. The second kappa shape index (κ2) is 4.58. The summed E-state index contributed by atoms with van der Waals surface area (Å²) >= 11 is 0. The molecular weight excluding hydrogens is 206 g/mol. The van der Waals surface area contributed by atoms with Crippen LogP contribution in [-0.2, 0) is 9.59 Å². The first-order chi connectivity index (χ1) is 7.47. The number of benzene rings is 1. The average molecular weight is 217 g/mol. The number of carbonyl (C=O) groups is 2. The Morgan fingerprint density at radius 2 is 2.00 bits per heavy atom. The number of hydrogen-bond acceptors (Lipinski definition) is 3. The molecule has 4 nitrogen and oxygen atoms in total. The van der Waals surface area contributed by atoms with E-state index in [2.05, 4.69) is 0 Å². The van der Waals surface area contributed by atoms with E-state index in [1.165, 1.54) is 0 Å². The first kappa shape index (κ1) is 11.9. The van der Waals surface area contributed by atoms with Gasteiger partial charge in [-0.1, -0.05) is 23.8 Å². The Morgan fingerprint density at radius 3 is 2.50 bits per heavy atom. The van der Waals surface area contributed by atoms with Crippen LogP contribution in [-0.4, -0.2) is 16.9 Å². The summed E-state index contributed by atoms with van der Waals surface area (Å²) in [6.45, 7) is 3.57. The van der Waals surface area contributed by atoms with E-state index in [0.717, 1.165) is 11.1 Å². The predicted octanol–water partition coefficient (Wildman–Crippen LogP) is 1.56. The molecule has 0 aliphatic heterocycles. The van der Waals surface area contributed by atoms with E-state index in [4.69, 9.17) is 10.4 Å². The van der Waals surface area contributed by atoms with Gasteiger partial charge in [-0.05, 0) is 25.0 Å². The van der Waals surface area contributed by atoms with E-state index in [9.17, 15) is 9.59 Å². The van der Waals surface area contributed by atoms with Crippen molar-refractivity contribution in [3.05, 3.63) is 34.9 Å². The number of carboxylic acids is 1. The minimum atomic E-state index is -1.58. The number of aliphatic carboxylic acids is 1. The number of Topliss-reactive ketones (excluding diaryl/α,β-unsaturated/α-hetero) is 1. The lowest BCUT2D eigenvalue weighted by Gasteiger charge is -2.10. The molecule has 82 valence electrons. The van der Waals surface area contributed by atoms with E-state index < -0.39 is 17.7 Å². The van der Waals surface area contributed by atoms with Crippen molar-refractivity contribution in [2.45, 2.75) is 19.8 Å². The molecule has 0 aliphatic carbocycles. The zero-order valence-corrected chi connectivity index (χ0v) is 9.02. The smallest absolute Gasteiger partial charge is 0.373 e. The molecule has 1 unspecified atom stereocenters. The SMILES string of the molecule is Cc1ccc(C)c(C(C#N)C(=O)C(=O)O)c1. The van der Waals surface area contributed by atoms with Crippen LogP contribution in [0.2, 0.25) is 0 Å². The fourth-order valence-electron chi connectivity index (χ4n) is 1.46. The Hall–Kier alpha value is -2.15. The fraction of sp³-hybridized carbons (Fsp3) is 0.250. The van der Waals surface area contributed by atoms with Crippen molar-refractivity contribution in [1.82, 2.24) is 0 Å². The predicted molar refractivity (Wildman–Crippen MR) is 56.9 cm³/mol.